The van der Waals surface area contributed by atoms with Crippen molar-refractivity contribution in [1.82, 2.24) is 25.6 Å². The van der Waals surface area contributed by atoms with Gasteiger partial charge in [0.05, 0.1) is 16.2 Å². The molecule has 2 N–H and O–H groups in total. The zero-order valence-electron chi connectivity index (χ0n) is 13.6. The Morgan fingerprint density at radius 1 is 1.19 bits per heavy atom. The van der Waals surface area contributed by atoms with Gasteiger partial charge in [0.25, 0.3) is 5.91 Å². The third-order valence-electron chi connectivity index (χ3n) is 3.34. The molecule has 0 aliphatic rings. The zero-order valence-corrected chi connectivity index (χ0v) is 15.2. The third kappa shape index (κ3) is 4.09. The van der Waals surface area contributed by atoms with Gasteiger partial charge in [-0.25, -0.2) is 4.39 Å². The first kappa shape index (κ1) is 18.1. The van der Waals surface area contributed by atoms with E-state index in [1.165, 1.54) is 17.4 Å². The molecule has 10 heteroatoms. The summed E-state index contributed by atoms with van der Waals surface area (Å²) < 4.78 is 15.5. The lowest BCUT2D eigenvalue weighted by atomic mass is 10.2. The molecule has 0 aliphatic carbocycles. The van der Waals surface area contributed by atoms with Crippen LogP contribution >= 0.6 is 23.1 Å². The van der Waals surface area contributed by atoms with E-state index in [0.29, 0.717) is 21.4 Å². The molecule has 0 bridgehead atoms. The summed E-state index contributed by atoms with van der Waals surface area (Å²) >= 11 is 2.41. The van der Waals surface area contributed by atoms with Crippen LogP contribution in [0.5, 0.6) is 0 Å². The van der Waals surface area contributed by atoms with E-state index >= 15 is 0 Å². The fraction of sp³-hybridized carbons (Fsp3) is 0.125. The van der Waals surface area contributed by atoms with Crippen molar-refractivity contribution in [3.63, 3.8) is 0 Å². The van der Waals surface area contributed by atoms with Crippen LogP contribution < -0.4 is 10.9 Å². The van der Waals surface area contributed by atoms with Crippen molar-refractivity contribution < 1.29 is 14.0 Å². The maximum atomic E-state index is 13.9. The first-order valence-corrected chi connectivity index (χ1v) is 9.32. The minimum absolute atomic E-state index is 0.0218. The lowest BCUT2D eigenvalue weighted by Crippen LogP contribution is -2.42. The van der Waals surface area contributed by atoms with Crippen LogP contribution in [0.25, 0.3) is 11.4 Å². The fourth-order valence-electron chi connectivity index (χ4n) is 2.08. The monoisotopic (exact) mass is 391 g/mol. The average molecular weight is 391 g/mol. The van der Waals surface area contributed by atoms with E-state index in [0.717, 1.165) is 11.8 Å². The van der Waals surface area contributed by atoms with Crippen molar-refractivity contribution >= 4 is 34.9 Å². The van der Waals surface area contributed by atoms with Gasteiger partial charge in [-0.15, -0.1) is 21.5 Å². The molecule has 2 amide bonds. The average Bonchev–Trinajstić information content (AvgIpc) is 3.29. The molecular weight excluding hydrogens is 377 g/mol. The SMILES string of the molecule is Cn1c(SCC(=O)NNC(=O)c2cccs2)nnc1-c1ccccc1F. The number of carbonyl (C=O) groups excluding carboxylic acids is 2. The van der Waals surface area contributed by atoms with Crippen LogP contribution in [0.15, 0.2) is 46.9 Å². The van der Waals surface area contributed by atoms with Gasteiger partial charge in [-0.2, -0.15) is 0 Å². The van der Waals surface area contributed by atoms with E-state index in [1.54, 1.807) is 47.3 Å². The number of nitrogens with zero attached hydrogens (tertiary/aromatic N) is 3. The predicted octanol–water partition coefficient (Wildman–Crippen LogP) is 2.24. The topological polar surface area (TPSA) is 88.9 Å². The molecule has 7 nitrogen and oxygen atoms in total. The summed E-state index contributed by atoms with van der Waals surface area (Å²) in [5.41, 5.74) is 5.01. The van der Waals surface area contributed by atoms with Gasteiger partial charge >= 0.3 is 0 Å². The summed E-state index contributed by atoms with van der Waals surface area (Å²) in [5.74, 6) is -0.770. The number of hydrogen-bond donors (Lipinski definition) is 2. The molecule has 2 aromatic heterocycles. The molecule has 0 fully saturated rings. The molecule has 0 saturated carbocycles. The van der Waals surface area contributed by atoms with E-state index < -0.39 is 11.7 Å². The van der Waals surface area contributed by atoms with Gasteiger partial charge in [0.15, 0.2) is 11.0 Å². The molecule has 134 valence electrons. The highest BCUT2D eigenvalue weighted by Gasteiger charge is 2.15. The van der Waals surface area contributed by atoms with Gasteiger partial charge in [-0.05, 0) is 23.6 Å². The summed E-state index contributed by atoms with van der Waals surface area (Å²) in [7, 11) is 1.70. The molecule has 2 heterocycles. The second-order valence-electron chi connectivity index (χ2n) is 5.11. The highest BCUT2D eigenvalue weighted by Crippen LogP contribution is 2.24. The Bertz CT molecular complexity index is 927. The summed E-state index contributed by atoms with van der Waals surface area (Å²) in [6.07, 6.45) is 0. The number of aromatic nitrogens is 3. The van der Waals surface area contributed by atoms with E-state index in [4.69, 9.17) is 0 Å². The minimum Gasteiger partial charge on any atom is -0.305 e. The summed E-state index contributed by atoms with van der Waals surface area (Å²) in [6, 6.07) is 9.67. The second-order valence-corrected chi connectivity index (χ2v) is 7.00. The number of halogens is 1. The van der Waals surface area contributed by atoms with Crippen molar-refractivity contribution in [3.05, 3.63) is 52.5 Å². The van der Waals surface area contributed by atoms with Gasteiger partial charge in [-0.1, -0.05) is 30.0 Å². The lowest BCUT2D eigenvalue weighted by molar-refractivity contribution is -0.119. The number of carbonyl (C=O) groups is 2. The molecule has 0 unspecified atom stereocenters. The van der Waals surface area contributed by atoms with Gasteiger partial charge in [-0.3, -0.25) is 20.4 Å². The molecule has 1 aromatic carbocycles. The van der Waals surface area contributed by atoms with E-state index in [2.05, 4.69) is 21.0 Å². The number of rotatable bonds is 5. The minimum atomic E-state index is -0.395. The van der Waals surface area contributed by atoms with Crippen LogP contribution in [0.2, 0.25) is 0 Å². The Hall–Kier alpha value is -2.72. The Labute approximate surface area is 156 Å². The van der Waals surface area contributed by atoms with Crippen molar-refractivity contribution in [3.8, 4) is 11.4 Å². The summed E-state index contributed by atoms with van der Waals surface area (Å²) in [6.45, 7) is 0. The Morgan fingerprint density at radius 3 is 2.73 bits per heavy atom. The Kier molecular flexibility index (Phi) is 5.64. The van der Waals surface area contributed by atoms with E-state index in [-0.39, 0.29) is 11.7 Å². The zero-order chi connectivity index (χ0) is 18.5. The molecule has 0 saturated heterocycles. The third-order valence-corrected chi connectivity index (χ3v) is 5.23. The molecule has 3 aromatic rings. The molecule has 0 atom stereocenters. The molecule has 26 heavy (non-hydrogen) atoms. The van der Waals surface area contributed by atoms with Gasteiger partial charge in [0.1, 0.15) is 5.82 Å². The maximum absolute atomic E-state index is 13.9. The first-order chi connectivity index (χ1) is 12.6. The number of benzene rings is 1. The number of thioether (sulfide) groups is 1. The van der Waals surface area contributed by atoms with Gasteiger partial charge in [0, 0.05) is 7.05 Å². The summed E-state index contributed by atoms with van der Waals surface area (Å²) in [4.78, 5) is 24.1. The van der Waals surface area contributed by atoms with Crippen LogP contribution in [0.1, 0.15) is 9.67 Å². The molecule has 0 aliphatic heterocycles. The molecule has 0 radical (unpaired) electrons. The van der Waals surface area contributed by atoms with E-state index in [9.17, 15) is 14.0 Å². The fourth-order valence-corrected chi connectivity index (χ4v) is 3.41. The smallest absolute Gasteiger partial charge is 0.279 e. The maximum Gasteiger partial charge on any atom is 0.279 e. The van der Waals surface area contributed by atoms with Gasteiger partial charge in [0.2, 0.25) is 5.91 Å². The Morgan fingerprint density at radius 2 is 2.00 bits per heavy atom. The van der Waals surface area contributed by atoms with Crippen LogP contribution in [-0.4, -0.2) is 32.3 Å². The first-order valence-electron chi connectivity index (χ1n) is 7.46. The molecule has 0 spiro atoms. The highest BCUT2D eigenvalue weighted by atomic mass is 32.2. The van der Waals surface area contributed by atoms with Crippen LogP contribution in [0, 0.1) is 5.82 Å². The summed E-state index contributed by atoms with van der Waals surface area (Å²) in [5, 5.41) is 10.2. The molecule has 3 rings (SSSR count). The highest BCUT2D eigenvalue weighted by molar-refractivity contribution is 7.99. The van der Waals surface area contributed by atoms with Crippen molar-refractivity contribution in [1.29, 1.82) is 0 Å². The van der Waals surface area contributed by atoms with Crippen LogP contribution in [0.3, 0.4) is 0 Å². The number of thiophene rings is 1. The standard InChI is InChI=1S/C16H14FN5O2S2/c1-22-14(10-5-2-3-6-11(10)17)19-21-16(22)26-9-13(23)18-20-15(24)12-7-4-8-25-12/h2-8H,9H2,1H3,(H,18,23)(H,20,24). The lowest BCUT2D eigenvalue weighted by Gasteiger charge is -2.06. The Balaban J connectivity index is 1.56. The predicted molar refractivity (Wildman–Crippen MR) is 97.0 cm³/mol. The van der Waals surface area contributed by atoms with Crippen molar-refractivity contribution in [2.75, 3.05) is 5.75 Å². The molecular formula is C16H14FN5O2S2. The number of amides is 2. The number of hydrogen-bond acceptors (Lipinski definition) is 6. The largest absolute Gasteiger partial charge is 0.305 e. The van der Waals surface area contributed by atoms with Crippen LogP contribution in [-0.2, 0) is 11.8 Å². The number of hydrazine groups is 1. The second kappa shape index (κ2) is 8.11. The number of nitrogens with one attached hydrogen (secondary N) is 2. The van der Waals surface area contributed by atoms with Crippen molar-refractivity contribution in [2.45, 2.75) is 5.16 Å². The van der Waals surface area contributed by atoms with Crippen molar-refractivity contribution in [2.24, 2.45) is 7.05 Å². The normalized spacial score (nSPS) is 10.5. The van der Waals surface area contributed by atoms with Crippen LogP contribution in [0.4, 0.5) is 4.39 Å². The van der Waals surface area contributed by atoms with E-state index in [1.807, 2.05) is 0 Å². The van der Waals surface area contributed by atoms with Gasteiger partial charge < -0.3 is 4.57 Å². The quantitative estimate of drug-likeness (QED) is 0.514.